The summed E-state index contributed by atoms with van der Waals surface area (Å²) in [6.45, 7) is 3.33. The standard InChI is InChI=1S/C35H26F9N3O5/c1-15-6-18(31(48)49)7-16(2)27(15)19-10-24(30(51-3)46-13-19)28-23(12-22(14-45-28)35(42,43)44)25-4-5-26-29(52-32(50)47(25)26)17-8-20(33(36,37)38)11-21(9-17)34(39,40)41/h6-14,25-26,29H,4-5H2,1-3H3,(H,48,49)/t25-,26-,29+/m0/s1. The third-order valence-corrected chi connectivity index (χ3v) is 9.13. The van der Waals surface area contributed by atoms with Gasteiger partial charge in [0.15, 0.2) is 0 Å². The quantitative estimate of drug-likeness (QED) is 0.197. The lowest BCUT2D eigenvalue weighted by Crippen LogP contribution is -2.31. The molecule has 2 aliphatic heterocycles. The Morgan fingerprint density at radius 1 is 0.827 bits per heavy atom. The number of fused-ring (bicyclic) bond motifs is 1. The fraction of sp³-hybridized carbons (Fsp3) is 0.314. The van der Waals surface area contributed by atoms with E-state index >= 15 is 0 Å². The van der Waals surface area contributed by atoms with E-state index in [1.165, 1.54) is 31.5 Å². The van der Waals surface area contributed by atoms with Gasteiger partial charge in [0, 0.05) is 23.5 Å². The lowest BCUT2D eigenvalue weighted by Gasteiger charge is -2.26. The second-order valence-corrected chi connectivity index (χ2v) is 12.4. The van der Waals surface area contributed by atoms with Gasteiger partial charge in [0.1, 0.15) is 6.10 Å². The number of carbonyl (C=O) groups is 2. The predicted molar refractivity (Wildman–Crippen MR) is 164 cm³/mol. The lowest BCUT2D eigenvalue weighted by atomic mass is 9.92. The number of aromatic nitrogens is 2. The van der Waals surface area contributed by atoms with Gasteiger partial charge in [-0.2, -0.15) is 39.5 Å². The minimum atomic E-state index is -5.17. The van der Waals surface area contributed by atoms with Crippen molar-refractivity contribution in [3.63, 3.8) is 0 Å². The van der Waals surface area contributed by atoms with Crippen LogP contribution in [-0.4, -0.2) is 45.2 Å². The van der Waals surface area contributed by atoms with E-state index in [1.807, 2.05) is 0 Å². The van der Waals surface area contributed by atoms with Crippen molar-refractivity contribution < 1.29 is 63.7 Å². The molecule has 0 saturated carbocycles. The van der Waals surface area contributed by atoms with Crippen molar-refractivity contribution >= 4 is 12.1 Å². The smallest absolute Gasteiger partial charge is 0.417 e. The van der Waals surface area contributed by atoms with E-state index in [2.05, 4.69) is 9.97 Å². The molecule has 2 aromatic heterocycles. The second-order valence-electron chi connectivity index (χ2n) is 12.4. The van der Waals surface area contributed by atoms with E-state index in [-0.39, 0.29) is 47.2 Å². The monoisotopic (exact) mass is 739 g/mol. The molecule has 0 aliphatic carbocycles. The summed E-state index contributed by atoms with van der Waals surface area (Å²) >= 11 is 0. The molecular weight excluding hydrogens is 713 g/mol. The first-order valence-electron chi connectivity index (χ1n) is 15.4. The highest BCUT2D eigenvalue weighted by molar-refractivity contribution is 5.90. The van der Waals surface area contributed by atoms with Crippen molar-refractivity contribution in [1.82, 2.24) is 14.9 Å². The summed E-state index contributed by atoms with van der Waals surface area (Å²) in [7, 11) is 1.26. The molecule has 0 radical (unpaired) electrons. The maximum Gasteiger partial charge on any atom is 0.417 e. The number of aryl methyl sites for hydroxylation is 2. The molecule has 4 heterocycles. The highest BCUT2D eigenvalue weighted by Crippen LogP contribution is 2.51. The zero-order chi connectivity index (χ0) is 38.1. The van der Waals surface area contributed by atoms with Gasteiger partial charge in [0.2, 0.25) is 5.88 Å². The van der Waals surface area contributed by atoms with E-state index in [0.29, 0.717) is 40.6 Å². The van der Waals surface area contributed by atoms with Crippen LogP contribution in [0.5, 0.6) is 5.88 Å². The number of hydrogen-bond donors (Lipinski definition) is 1. The average molecular weight is 740 g/mol. The number of nitrogens with zero attached hydrogens (tertiary/aromatic N) is 3. The van der Waals surface area contributed by atoms with Gasteiger partial charge in [-0.25, -0.2) is 14.6 Å². The predicted octanol–water partition coefficient (Wildman–Crippen LogP) is 9.59. The van der Waals surface area contributed by atoms with E-state index in [9.17, 15) is 54.2 Å². The molecule has 2 saturated heterocycles. The molecule has 0 unspecified atom stereocenters. The van der Waals surface area contributed by atoms with Gasteiger partial charge in [-0.1, -0.05) is 0 Å². The van der Waals surface area contributed by atoms with E-state index < -0.39 is 71.0 Å². The Hall–Kier alpha value is -5.35. The van der Waals surface area contributed by atoms with E-state index in [1.54, 1.807) is 13.8 Å². The Labute approximate surface area is 288 Å². The third kappa shape index (κ3) is 6.59. The minimum Gasteiger partial charge on any atom is -0.481 e. The molecule has 1 amide bonds. The minimum absolute atomic E-state index is 0.0264. The molecule has 0 bridgehead atoms. The van der Waals surface area contributed by atoms with Crippen molar-refractivity contribution in [2.24, 2.45) is 0 Å². The van der Waals surface area contributed by atoms with Gasteiger partial charge < -0.3 is 14.6 Å². The maximum atomic E-state index is 14.1. The molecule has 8 nitrogen and oxygen atoms in total. The van der Waals surface area contributed by atoms with Gasteiger partial charge in [0.05, 0.1) is 52.7 Å². The molecule has 0 spiro atoms. The number of methoxy groups -OCH3 is 1. The van der Waals surface area contributed by atoms with Crippen LogP contribution in [0.3, 0.4) is 0 Å². The Morgan fingerprint density at radius 3 is 1.96 bits per heavy atom. The summed E-state index contributed by atoms with van der Waals surface area (Å²) < 4.78 is 135. The average Bonchev–Trinajstić information content (AvgIpc) is 3.63. The first-order chi connectivity index (χ1) is 24.2. The van der Waals surface area contributed by atoms with Crippen LogP contribution in [0, 0.1) is 13.8 Å². The van der Waals surface area contributed by atoms with E-state index in [4.69, 9.17) is 9.47 Å². The molecule has 6 rings (SSSR count). The molecule has 2 aromatic carbocycles. The number of benzene rings is 2. The van der Waals surface area contributed by atoms with Crippen LogP contribution >= 0.6 is 0 Å². The Morgan fingerprint density at radius 2 is 1.42 bits per heavy atom. The van der Waals surface area contributed by atoms with Crippen LogP contribution in [0.4, 0.5) is 44.3 Å². The number of alkyl halides is 9. The topological polar surface area (TPSA) is 102 Å². The van der Waals surface area contributed by atoms with Gasteiger partial charge in [-0.3, -0.25) is 9.88 Å². The number of cyclic esters (lactones) is 1. The van der Waals surface area contributed by atoms with Crippen LogP contribution in [0.25, 0.3) is 22.4 Å². The summed E-state index contributed by atoms with van der Waals surface area (Å²) in [5, 5.41) is 9.48. The normalized spacial score (nSPS) is 19.1. The molecule has 52 heavy (non-hydrogen) atoms. The molecule has 17 heteroatoms. The summed E-state index contributed by atoms with van der Waals surface area (Å²) in [5.74, 6) is -1.23. The Kier molecular flexibility index (Phi) is 8.90. The second kappa shape index (κ2) is 12.7. The largest absolute Gasteiger partial charge is 0.481 e. The zero-order valence-corrected chi connectivity index (χ0v) is 27.2. The number of carboxylic acids is 1. The number of carboxylic acid groups (broad SMARTS) is 1. The van der Waals surface area contributed by atoms with Crippen LogP contribution in [-0.2, 0) is 23.3 Å². The Balaban J connectivity index is 1.48. The lowest BCUT2D eigenvalue weighted by molar-refractivity contribution is -0.143. The van der Waals surface area contributed by atoms with Crippen molar-refractivity contribution in [3.8, 4) is 28.3 Å². The SMILES string of the molecule is COc1ncc(-c2c(C)cc(C(=O)O)cc2C)cc1-c1ncc(C(F)(F)F)cc1[C@@H]1CC[C@H]2[C@@H](c3cc(C(F)(F)F)cc(C(F)(F)F)c3)OC(=O)N12. The number of ether oxygens (including phenoxy) is 2. The van der Waals surface area contributed by atoms with Gasteiger partial charge in [-0.15, -0.1) is 0 Å². The summed E-state index contributed by atoms with van der Waals surface area (Å²) in [6, 6.07) is 3.66. The molecule has 4 aromatic rings. The number of pyridine rings is 2. The van der Waals surface area contributed by atoms with Crippen molar-refractivity contribution in [2.45, 2.75) is 63.4 Å². The highest BCUT2D eigenvalue weighted by atomic mass is 19.4. The van der Waals surface area contributed by atoms with Gasteiger partial charge in [0.25, 0.3) is 0 Å². The number of aromatic carboxylic acids is 1. The number of hydrogen-bond acceptors (Lipinski definition) is 6. The summed E-state index contributed by atoms with van der Waals surface area (Å²) in [4.78, 5) is 34.4. The fourth-order valence-electron chi connectivity index (χ4n) is 6.96. The summed E-state index contributed by atoms with van der Waals surface area (Å²) in [6.07, 6.45) is -16.1. The number of amides is 1. The maximum absolute atomic E-state index is 14.1. The molecule has 274 valence electrons. The molecule has 3 atom stereocenters. The first kappa shape index (κ1) is 36.4. The molecule has 2 aliphatic rings. The zero-order valence-electron chi connectivity index (χ0n) is 27.2. The van der Waals surface area contributed by atoms with Crippen LogP contribution in [0.1, 0.15) is 74.3 Å². The highest BCUT2D eigenvalue weighted by Gasteiger charge is 2.52. The van der Waals surface area contributed by atoms with Crippen molar-refractivity contribution in [1.29, 1.82) is 0 Å². The molecule has 1 N–H and O–H groups in total. The number of rotatable bonds is 6. The first-order valence-corrected chi connectivity index (χ1v) is 15.4. The third-order valence-electron chi connectivity index (χ3n) is 9.13. The molecular formula is C35H26F9N3O5. The number of carbonyl (C=O) groups excluding carboxylic acids is 1. The van der Waals surface area contributed by atoms with Gasteiger partial charge >= 0.3 is 30.6 Å². The van der Waals surface area contributed by atoms with Crippen LogP contribution in [0.15, 0.2) is 54.9 Å². The fourth-order valence-corrected chi connectivity index (χ4v) is 6.96. The number of halogens is 9. The van der Waals surface area contributed by atoms with Crippen molar-refractivity contribution in [3.05, 3.63) is 99.4 Å². The summed E-state index contributed by atoms with van der Waals surface area (Å²) in [5.41, 5.74) is -3.06. The van der Waals surface area contributed by atoms with E-state index in [0.717, 1.165) is 11.0 Å². The van der Waals surface area contributed by atoms with Gasteiger partial charge in [-0.05, 0) is 91.4 Å². The van der Waals surface area contributed by atoms with Crippen LogP contribution in [0.2, 0.25) is 0 Å². The Bertz CT molecular complexity index is 2040. The van der Waals surface area contributed by atoms with Crippen LogP contribution < -0.4 is 4.74 Å². The molecule has 2 fully saturated rings. The van der Waals surface area contributed by atoms with Crippen molar-refractivity contribution in [2.75, 3.05) is 7.11 Å².